The van der Waals surface area contributed by atoms with Gasteiger partial charge in [-0.05, 0) is 55.8 Å². The van der Waals surface area contributed by atoms with E-state index in [0.717, 1.165) is 62.8 Å². The maximum atomic E-state index is 6.55. The first-order valence-electron chi connectivity index (χ1n) is 10.9. The smallest absolute Gasteiger partial charge is 0.373 e. The summed E-state index contributed by atoms with van der Waals surface area (Å²) in [4.78, 5) is 0. The van der Waals surface area contributed by atoms with E-state index in [0.29, 0.717) is 5.54 Å². The second-order valence-corrected chi connectivity index (χ2v) is 11.1. The molecule has 2 fully saturated rings. The third-order valence-corrected chi connectivity index (χ3v) is 9.89. The molecule has 0 amide bonds. The van der Waals surface area contributed by atoms with Gasteiger partial charge in [-0.3, -0.25) is 0 Å². The van der Waals surface area contributed by atoms with Crippen LogP contribution in [0, 0.1) is 23.7 Å². The summed E-state index contributed by atoms with van der Waals surface area (Å²) in [7, 11) is -2.58. The van der Waals surface area contributed by atoms with E-state index in [-0.39, 0.29) is 0 Å². The molecular formula is C21H38O3Si. The lowest BCUT2D eigenvalue weighted by Gasteiger charge is -2.51. The largest absolute Gasteiger partial charge is 0.504 e. The Morgan fingerprint density at radius 1 is 0.760 bits per heavy atom. The molecule has 3 aliphatic carbocycles. The Morgan fingerprint density at radius 2 is 1.28 bits per heavy atom. The van der Waals surface area contributed by atoms with Crippen LogP contribution in [0.5, 0.6) is 0 Å². The van der Waals surface area contributed by atoms with Crippen molar-refractivity contribution in [3.05, 3.63) is 12.2 Å². The monoisotopic (exact) mass is 366 g/mol. The summed E-state index contributed by atoms with van der Waals surface area (Å²) < 4.78 is 19.7. The predicted molar refractivity (Wildman–Crippen MR) is 104 cm³/mol. The van der Waals surface area contributed by atoms with Gasteiger partial charge in [0.2, 0.25) is 0 Å². The minimum absolute atomic E-state index is 0.544. The van der Waals surface area contributed by atoms with Crippen LogP contribution < -0.4 is 0 Å². The Kier molecular flexibility index (Phi) is 7.18. The van der Waals surface area contributed by atoms with Crippen molar-refractivity contribution in [2.24, 2.45) is 23.7 Å². The molecule has 0 N–H and O–H groups in total. The highest BCUT2D eigenvalue weighted by Crippen LogP contribution is 2.66. The Labute approximate surface area is 155 Å². The first kappa shape index (κ1) is 19.6. The predicted octanol–water partition coefficient (Wildman–Crippen LogP) is 5.59. The van der Waals surface area contributed by atoms with Crippen molar-refractivity contribution in [1.82, 2.24) is 0 Å². The number of unbranched alkanes of at least 4 members (excludes halogenated alkanes) is 3. The molecule has 0 aromatic rings. The topological polar surface area (TPSA) is 27.7 Å². The van der Waals surface area contributed by atoms with Crippen LogP contribution in [-0.2, 0) is 13.3 Å². The molecule has 0 aliphatic heterocycles. The zero-order chi connectivity index (χ0) is 17.7. The van der Waals surface area contributed by atoms with Crippen LogP contribution in [-0.4, -0.2) is 28.6 Å². The minimum atomic E-state index is -2.58. The molecule has 25 heavy (non-hydrogen) atoms. The molecule has 2 bridgehead atoms. The molecule has 0 aromatic heterocycles. The molecule has 0 spiro atoms. The molecule has 5 atom stereocenters. The molecule has 0 heterocycles. The second kappa shape index (κ2) is 9.16. The molecule has 0 aromatic carbocycles. The van der Waals surface area contributed by atoms with Gasteiger partial charge in [0.15, 0.2) is 0 Å². The van der Waals surface area contributed by atoms with Gasteiger partial charge in [-0.1, -0.05) is 52.2 Å². The number of hydrogen-bond donors (Lipinski definition) is 0. The Balaban J connectivity index is 1.71. The highest BCUT2D eigenvalue weighted by atomic mass is 28.4. The van der Waals surface area contributed by atoms with Crippen LogP contribution in [0.3, 0.4) is 0 Å². The average Bonchev–Trinajstić information content (AvgIpc) is 3.12. The first-order valence-corrected chi connectivity index (χ1v) is 12.7. The lowest BCUT2D eigenvalue weighted by molar-refractivity contribution is 0.00602. The zero-order valence-electron chi connectivity index (χ0n) is 16.5. The van der Waals surface area contributed by atoms with Gasteiger partial charge in [-0.25, -0.2) is 0 Å². The van der Waals surface area contributed by atoms with Crippen molar-refractivity contribution in [1.29, 1.82) is 0 Å². The van der Waals surface area contributed by atoms with Crippen molar-refractivity contribution < 1.29 is 13.3 Å². The molecule has 0 radical (unpaired) electrons. The van der Waals surface area contributed by atoms with E-state index >= 15 is 0 Å². The summed E-state index contributed by atoms with van der Waals surface area (Å²) in [5.74, 6) is 3.25. The summed E-state index contributed by atoms with van der Waals surface area (Å²) in [5, 5.41) is 0. The number of fused-ring (bicyclic) bond motifs is 5. The molecule has 4 heteroatoms. The second-order valence-electron chi connectivity index (χ2n) is 8.24. The van der Waals surface area contributed by atoms with Crippen LogP contribution >= 0.6 is 0 Å². The van der Waals surface area contributed by atoms with Gasteiger partial charge < -0.3 is 13.3 Å². The summed E-state index contributed by atoms with van der Waals surface area (Å²) >= 11 is 0. The average molecular weight is 367 g/mol. The standard InChI is InChI=1S/C21H38O3Si/c1-4-7-12-22-25(23-13-8-5-2,24-14-9-6-3)20-16-19-17-10-11-18(15-17)21(19)20/h10-11,17-21H,4-9,12-16H2,1-3H3. The molecule has 3 rings (SSSR count). The van der Waals surface area contributed by atoms with Crippen molar-refractivity contribution in [2.45, 2.75) is 77.7 Å². The SMILES string of the molecule is CCCCO[Si](OCCCC)(OCCCC)C1CC2C3C=CC(C3)C21. The fraction of sp³-hybridized carbons (Fsp3) is 0.905. The van der Waals surface area contributed by atoms with E-state index in [2.05, 4.69) is 32.9 Å². The quantitative estimate of drug-likeness (QED) is 0.242. The number of allylic oxidation sites excluding steroid dienone is 2. The van der Waals surface area contributed by atoms with Gasteiger partial charge in [0.05, 0.1) is 0 Å². The van der Waals surface area contributed by atoms with E-state index in [1.165, 1.54) is 32.1 Å². The number of hydrogen-bond acceptors (Lipinski definition) is 3. The fourth-order valence-electron chi connectivity index (χ4n) is 5.05. The summed E-state index contributed by atoms with van der Waals surface area (Å²) in [6.45, 7) is 9.09. The Hall–Kier alpha value is -0.163. The van der Waals surface area contributed by atoms with E-state index in [1.807, 2.05) is 0 Å². The summed E-state index contributed by atoms with van der Waals surface area (Å²) in [6, 6.07) is 0. The van der Waals surface area contributed by atoms with Crippen LogP contribution in [0.4, 0.5) is 0 Å². The van der Waals surface area contributed by atoms with Gasteiger partial charge in [0, 0.05) is 25.4 Å². The van der Waals surface area contributed by atoms with Gasteiger partial charge in [-0.2, -0.15) is 0 Å². The van der Waals surface area contributed by atoms with E-state index in [4.69, 9.17) is 13.3 Å². The van der Waals surface area contributed by atoms with Crippen molar-refractivity contribution in [3.8, 4) is 0 Å². The molecule has 2 saturated carbocycles. The number of rotatable bonds is 13. The Morgan fingerprint density at radius 3 is 1.76 bits per heavy atom. The molecule has 5 unspecified atom stereocenters. The summed E-state index contributed by atoms with van der Waals surface area (Å²) in [6.07, 6.45) is 14.4. The van der Waals surface area contributed by atoms with E-state index in [1.54, 1.807) is 0 Å². The maximum absolute atomic E-state index is 6.55. The van der Waals surface area contributed by atoms with Gasteiger partial charge in [-0.15, -0.1) is 0 Å². The normalized spacial score (nSPS) is 32.8. The lowest BCUT2D eigenvalue weighted by atomic mass is 9.67. The minimum Gasteiger partial charge on any atom is -0.373 e. The van der Waals surface area contributed by atoms with Gasteiger partial charge >= 0.3 is 8.80 Å². The maximum Gasteiger partial charge on any atom is 0.504 e. The molecule has 3 nitrogen and oxygen atoms in total. The highest BCUT2D eigenvalue weighted by Gasteiger charge is 2.66. The molecule has 0 saturated heterocycles. The molecule has 3 aliphatic rings. The van der Waals surface area contributed by atoms with Crippen molar-refractivity contribution in [3.63, 3.8) is 0 Å². The van der Waals surface area contributed by atoms with Gasteiger partial charge in [0.25, 0.3) is 0 Å². The van der Waals surface area contributed by atoms with Crippen LogP contribution in [0.15, 0.2) is 12.2 Å². The first-order chi connectivity index (χ1) is 12.3. The summed E-state index contributed by atoms with van der Waals surface area (Å²) in [5.41, 5.74) is 0.544. The lowest BCUT2D eigenvalue weighted by Crippen LogP contribution is -2.59. The van der Waals surface area contributed by atoms with Crippen LogP contribution in [0.1, 0.15) is 72.1 Å². The van der Waals surface area contributed by atoms with Crippen molar-refractivity contribution in [2.75, 3.05) is 19.8 Å². The van der Waals surface area contributed by atoms with Gasteiger partial charge in [0.1, 0.15) is 0 Å². The van der Waals surface area contributed by atoms with E-state index < -0.39 is 8.80 Å². The Bertz CT molecular complexity index is 412. The fourth-order valence-corrected chi connectivity index (χ4v) is 8.75. The molecular weight excluding hydrogens is 328 g/mol. The third kappa shape index (κ3) is 4.07. The van der Waals surface area contributed by atoms with E-state index in [9.17, 15) is 0 Å². The molecule has 144 valence electrons. The van der Waals surface area contributed by atoms with Crippen LogP contribution in [0.2, 0.25) is 5.54 Å². The van der Waals surface area contributed by atoms with Crippen LogP contribution in [0.25, 0.3) is 0 Å². The van der Waals surface area contributed by atoms with Crippen molar-refractivity contribution >= 4 is 8.80 Å². The third-order valence-electron chi connectivity index (χ3n) is 6.54. The zero-order valence-corrected chi connectivity index (χ0v) is 17.5. The highest BCUT2D eigenvalue weighted by molar-refractivity contribution is 6.62.